The summed E-state index contributed by atoms with van der Waals surface area (Å²) in [6.07, 6.45) is 4.07. The van der Waals surface area contributed by atoms with Crippen molar-refractivity contribution in [2.75, 3.05) is 0 Å². The second-order valence-electron chi connectivity index (χ2n) is 7.04. The summed E-state index contributed by atoms with van der Waals surface area (Å²) < 4.78 is 5.68. The maximum absolute atomic E-state index is 11.8. The van der Waals surface area contributed by atoms with Crippen LogP contribution in [0.1, 0.15) is 46.5 Å². The molecule has 3 rings (SSSR count). The fourth-order valence-corrected chi connectivity index (χ4v) is 4.81. The molecular formula is C15H24O3. The van der Waals surface area contributed by atoms with Crippen LogP contribution in [0.25, 0.3) is 0 Å². The third kappa shape index (κ3) is 1.56. The number of esters is 1. The van der Waals surface area contributed by atoms with Crippen molar-refractivity contribution < 1.29 is 14.6 Å². The molecule has 18 heavy (non-hydrogen) atoms. The predicted octanol–water partition coefficient (Wildman–Crippen LogP) is 2.37. The second-order valence-corrected chi connectivity index (χ2v) is 7.04. The highest BCUT2D eigenvalue weighted by molar-refractivity contribution is 5.75. The fourth-order valence-electron chi connectivity index (χ4n) is 4.81. The van der Waals surface area contributed by atoms with Crippen LogP contribution in [0, 0.1) is 29.1 Å². The Balaban J connectivity index is 1.93. The fraction of sp³-hybridized carbons (Fsp3) is 0.933. The molecule has 1 aliphatic heterocycles. The number of ether oxygens (including phenoxy) is 1. The van der Waals surface area contributed by atoms with Crippen molar-refractivity contribution in [2.45, 2.75) is 58.7 Å². The maximum atomic E-state index is 11.8. The number of aliphatic hydroxyl groups is 1. The van der Waals surface area contributed by atoms with Crippen molar-refractivity contribution in [2.24, 2.45) is 29.1 Å². The van der Waals surface area contributed by atoms with Gasteiger partial charge in [-0.3, -0.25) is 4.79 Å². The minimum absolute atomic E-state index is 0.0264. The summed E-state index contributed by atoms with van der Waals surface area (Å²) in [5.74, 6) is 0.985. The molecule has 1 heterocycles. The summed E-state index contributed by atoms with van der Waals surface area (Å²) >= 11 is 0. The van der Waals surface area contributed by atoms with E-state index in [4.69, 9.17) is 4.74 Å². The van der Waals surface area contributed by atoms with Gasteiger partial charge >= 0.3 is 5.97 Å². The third-order valence-electron chi connectivity index (χ3n) is 6.08. The topological polar surface area (TPSA) is 46.5 Å². The van der Waals surface area contributed by atoms with Gasteiger partial charge in [0.1, 0.15) is 6.10 Å². The number of hydrogen-bond acceptors (Lipinski definition) is 3. The van der Waals surface area contributed by atoms with Crippen LogP contribution < -0.4 is 0 Å². The molecular weight excluding hydrogens is 228 g/mol. The average Bonchev–Trinajstić information content (AvgIpc) is 2.60. The monoisotopic (exact) mass is 252 g/mol. The Kier molecular flexibility index (Phi) is 2.74. The first-order chi connectivity index (χ1) is 8.44. The summed E-state index contributed by atoms with van der Waals surface area (Å²) in [7, 11) is 0. The molecule has 1 saturated heterocycles. The van der Waals surface area contributed by atoms with Gasteiger partial charge in [-0.05, 0) is 37.0 Å². The van der Waals surface area contributed by atoms with Gasteiger partial charge in [0.25, 0.3) is 0 Å². The van der Waals surface area contributed by atoms with Crippen LogP contribution >= 0.6 is 0 Å². The van der Waals surface area contributed by atoms with Gasteiger partial charge in [-0.15, -0.1) is 0 Å². The molecule has 0 amide bonds. The van der Waals surface area contributed by atoms with Gasteiger partial charge in [0.05, 0.1) is 12.0 Å². The summed E-state index contributed by atoms with van der Waals surface area (Å²) in [6.45, 7) is 6.46. The van der Waals surface area contributed by atoms with E-state index in [1.807, 2.05) is 6.92 Å². The number of carbonyl (C=O) groups is 1. The first-order valence-corrected chi connectivity index (χ1v) is 7.32. The molecule has 3 nitrogen and oxygen atoms in total. The molecule has 2 aliphatic carbocycles. The highest BCUT2D eigenvalue weighted by Crippen LogP contribution is 2.57. The van der Waals surface area contributed by atoms with Crippen LogP contribution in [0.2, 0.25) is 0 Å². The zero-order chi connectivity index (χ0) is 13.1. The molecule has 0 aromatic rings. The SMILES string of the molecule is C[C@@H]1[C@@H]2[C@H]3OC(=O)[C@@H](C)[C@@H]3CC[C@@]2(C)CC[C@@H]1O. The Labute approximate surface area is 109 Å². The van der Waals surface area contributed by atoms with Gasteiger partial charge < -0.3 is 9.84 Å². The minimum Gasteiger partial charge on any atom is -0.462 e. The van der Waals surface area contributed by atoms with Crippen LogP contribution in [0.3, 0.4) is 0 Å². The highest BCUT2D eigenvalue weighted by atomic mass is 16.6. The molecule has 3 heteroatoms. The summed E-state index contributed by atoms with van der Waals surface area (Å²) in [6, 6.07) is 0. The van der Waals surface area contributed by atoms with Crippen molar-refractivity contribution in [3.63, 3.8) is 0 Å². The van der Waals surface area contributed by atoms with Gasteiger partial charge in [-0.2, -0.15) is 0 Å². The van der Waals surface area contributed by atoms with Crippen LogP contribution in [0.4, 0.5) is 0 Å². The summed E-state index contributed by atoms with van der Waals surface area (Å²) in [5.41, 5.74) is 0.254. The van der Waals surface area contributed by atoms with E-state index >= 15 is 0 Å². The van der Waals surface area contributed by atoms with E-state index in [0.29, 0.717) is 11.8 Å². The number of rotatable bonds is 0. The largest absolute Gasteiger partial charge is 0.462 e. The first-order valence-electron chi connectivity index (χ1n) is 7.32. The summed E-state index contributed by atoms with van der Waals surface area (Å²) in [4.78, 5) is 11.8. The smallest absolute Gasteiger partial charge is 0.309 e. The molecule has 0 unspecified atom stereocenters. The predicted molar refractivity (Wildman–Crippen MR) is 67.8 cm³/mol. The second kappa shape index (κ2) is 3.96. The molecule has 7 atom stereocenters. The van der Waals surface area contributed by atoms with Gasteiger partial charge in [0.15, 0.2) is 0 Å². The van der Waals surface area contributed by atoms with Crippen molar-refractivity contribution >= 4 is 5.97 Å². The lowest BCUT2D eigenvalue weighted by Gasteiger charge is -2.53. The van der Waals surface area contributed by atoms with Crippen molar-refractivity contribution in [1.82, 2.24) is 0 Å². The Hall–Kier alpha value is -0.570. The molecule has 3 fully saturated rings. The normalized spacial score (nSPS) is 55.7. The Morgan fingerprint density at radius 1 is 1.28 bits per heavy atom. The quantitative estimate of drug-likeness (QED) is 0.673. The van der Waals surface area contributed by atoms with Crippen LogP contribution in [0.5, 0.6) is 0 Å². The zero-order valence-electron chi connectivity index (χ0n) is 11.6. The van der Waals surface area contributed by atoms with Gasteiger partial charge in [-0.25, -0.2) is 0 Å². The third-order valence-corrected chi connectivity index (χ3v) is 6.08. The standard InChI is InChI=1S/C15H24O3/c1-8-10-4-6-15(3)7-5-11(16)9(2)12(15)13(10)18-14(8)17/h8-13,16H,4-7H2,1-3H3/t8-,9-,10-,11-,12+,13-,15-/m0/s1. The molecule has 2 saturated carbocycles. The van der Waals surface area contributed by atoms with E-state index in [2.05, 4.69) is 13.8 Å². The molecule has 1 N–H and O–H groups in total. The van der Waals surface area contributed by atoms with Crippen molar-refractivity contribution in [3.8, 4) is 0 Å². The molecule has 0 aromatic carbocycles. The molecule has 0 spiro atoms. The average molecular weight is 252 g/mol. The number of hydrogen-bond donors (Lipinski definition) is 1. The maximum Gasteiger partial charge on any atom is 0.309 e. The minimum atomic E-state index is -0.226. The molecule has 0 bridgehead atoms. The van der Waals surface area contributed by atoms with Gasteiger partial charge in [0, 0.05) is 11.8 Å². The lowest BCUT2D eigenvalue weighted by Crippen LogP contribution is -2.53. The number of fused-ring (bicyclic) bond motifs is 3. The Morgan fingerprint density at radius 2 is 1.94 bits per heavy atom. The van der Waals surface area contributed by atoms with Crippen LogP contribution in [-0.4, -0.2) is 23.3 Å². The van der Waals surface area contributed by atoms with Crippen LogP contribution in [0.15, 0.2) is 0 Å². The van der Waals surface area contributed by atoms with E-state index in [9.17, 15) is 9.90 Å². The number of carbonyl (C=O) groups excluding carboxylic acids is 1. The van der Waals surface area contributed by atoms with Crippen molar-refractivity contribution in [1.29, 1.82) is 0 Å². The Morgan fingerprint density at radius 3 is 2.67 bits per heavy atom. The first kappa shape index (κ1) is 12.5. The van der Waals surface area contributed by atoms with E-state index < -0.39 is 0 Å². The number of aliphatic hydroxyl groups excluding tert-OH is 1. The molecule has 102 valence electrons. The van der Waals surface area contributed by atoms with E-state index in [1.54, 1.807) is 0 Å². The van der Waals surface area contributed by atoms with E-state index in [0.717, 1.165) is 19.3 Å². The van der Waals surface area contributed by atoms with Crippen molar-refractivity contribution in [3.05, 3.63) is 0 Å². The van der Waals surface area contributed by atoms with Gasteiger partial charge in [0.2, 0.25) is 0 Å². The lowest BCUT2D eigenvalue weighted by atomic mass is 9.53. The molecule has 0 aromatic heterocycles. The van der Waals surface area contributed by atoms with E-state index in [-0.39, 0.29) is 35.4 Å². The van der Waals surface area contributed by atoms with Crippen LogP contribution in [-0.2, 0) is 9.53 Å². The van der Waals surface area contributed by atoms with Gasteiger partial charge in [-0.1, -0.05) is 20.8 Å². The molecule has 3 aliphatic rings. The lowest BCUT2D eigenvalue weighted by molar-refractivity contribution is -0.159. The summed E-state index contributed by atoms with van der Waals surface area (Å²) in [5, 5.41) is 10.1. The zero-order valence-corrected chi connectivity index (χ0v) is 11.6. The highest BCUT2D eigenvalue weighted by Gasteiger charge is 2.58. The molecule has 0 radical (unpaired) electrons. The Bertz CT molecular complexity index is 367. The van der Waals surface area contributed by atoms with E-state index in [1.165, 1.54) is 6.42 Å².